The van der Waals surface area contributed by atoms with Gasteiger partial charge in [0.15, 0.2) is 6.10 Å². The van der Waals surface area contributed by atoms with Gasteiger partial charge in [0.25, 0.3) is 5.91 Å². The van der Waals surface area contributed by atoms with Crippen molar-refractivity contribution in [2.45, 2.75) is 44.8 Å². The number of benzene rings is 1. The zero-order valence-electron chi connectivity index (χ0n) is 13.7. The van der Waals surface area contributed by atoms with Gasteiger partial charge in [-0.25, -0.2) is 0 Å². The van der Waals surface area contributed by atoms with Gasteiger partial charge >= 0.3 is 0 Å². The van der Waals surface area contributed by atoms with E-state index in [-0.39, 0.29) is 18.6 Å². The Hall–Kier alpha value is -2.06. The molecule has 0 aromatic heterocycles. The summed E-state index contributed by atoms with van der Waals surface area (Å²) in [7, 11) is 1.82. The normalized spacial score (nSPS) is 22.0. The molecule has 1 aromatic rings. The number of ether oxygens (including phenoxy) is 1. The Bertz CT molecular complexity index is 574. The number of aliphatic hydroxyl groups excluding tert-OH is 1. The van der Waals surface area contributed by atoms with E-state index in [1.807, 2.05) is 7.05 Å². The van der Waals surface area contributed by atoms with E-state index in [0.29, 0.717) is 17.2 Å². The number of amides is 1. The maximum atomic E-state index is 12.5. The molecule has 1 aliphatic carbocycles. The minimum atomic E-state index is -0.593. The van der Waals surface area contributed by atoms with Gasteiger partial charge in [-0.3, -0.25) is 4.79 Å². The molecule has 0 bridgehead atoms. The Morgan fingerprint density at radius 2 is 2.13 bits per heavy atom. The molecular weight excluding hydrogens is 292 g/mol. The molecule has 0 aliphatic heterocycles. The van der Waals surface area contributed by atoms with Crippen molar-refractivity contribution in [2.24, 2.45) is 5.92 Å². The lowest BCUT2D eigenvalue weighted by Gasteiger charge is -2.35. The highest BCUT2D eigenvalue weighted by atomic mass is 16.5. The van der Waals surface area contributed by atoms with E-state index in [2.05, 4.69) is 6.07 Å². The largest absolute Gasteiger partial charge is 0.481 e. The zero-order valence-corrected chi connectivity index (χ0v) is 13.7. The summed E-state index contributed by atoms with van der Waals surface area (Å²) in [5.74, 6) is 0.847. The van der Waals surface area contributed by atoms with Crippen LogP contribution in [-0.2, 0) is 4.79 Å². The molecule has 1 atom stereocenters. The van der Waals surface area contributed by atoms with Gasteiger partial charge in [-0.05, 0) is 56.7 Å². The molecule has 1 N–H and O–H groups in total. The number of likely N-dealkylation sites (N-methyl/N-ethyl adjacent to an activating group) is 1. The first-order valence-corrected chi connectivity index (χ1v) is 8.09. The van der Waals surface area contributed by atoms with Crippen LogP contribution in [0.15, 0.2) is 24.3 Å². The molecule has 1 unspecified atom stereocenters. The van der Waals surface area contributed by atoms with Gasteiger partial charge < -0.3 is 14.7 Å². The van der Waals surface area contributed by atoms with Gasteiger partial charge in [0.2, 0.25) is 0 Å². The fourth-order valence-corrected chi connectivity index (χ4v) is 3.07. The lowest BCUT2D eigenvalue weighted by molar-refractivity contribution is -0.139. The predicted molar refractivity (Wildman–Crippen MR) is 86.8 cm³/mol. The highest BCUT2D eigenvalue weighted by Crippen LogP contribution is 2.27. The predicted octanol–water partition coefficient (Wildman–Crippen LogP) is 2.34. The summed E-state index contributed by atoms with van der Waals surface area (Å²) in [6, 6.07) is 9.09. The number of carbonyl (C=O) groups excluding carboxylic acids is 1. The van der Waals surface area contributed by atoms with Crippen molar-refractivity contribution >= 4 is 5.91 Å². The third kappa shape index (κ3) is 4.46. The van der Waals surface area contributed by atoms with Crippen LogP contribution in [0.3, 0.4) is 0 Å². The summed E-state index contributed by atoms with van der Waals surface area (Å²) in [6.45, 7) is 1.97. The summed E-state index contributed by atoms with van der Waals surface area (Å²) in [6.07, 6.45) is 3.16. The molecule has 1 fully saturated rings. The minimum Gasteiger partial charge on any atom is -0.481 e. The Balaban J connectivity index is 1.92. The average molecular weight is 316 g/mol. The quantitative estimate of drug-likeness (QED) is 0.905. The van der Waals surface area contributed by atoms with Crippen molar-refractivity contribution in [3.63, 3.8) is 0 Å². The molecule has 0 saturated heterocycles. The number of hydrogen-bond donors (Lipinski definition) is 1. The van der Waals surface area contributed by atoms with Crippen LogP contribution in [0.25, 0.3) is 0 Å². The Morgan fingerprint density at radius 3 is 2.74 bits per heavy atom. The molecule has 1 aliphatic rings. The topological polar surface area (TPSA) is 73.6 Å². The molecule has 1 amide bonds. The van der Waals surface area contributed by atoms with Crippen molar-refractivity contribution in [3.05, 3.63) is 29.8 Å². The van der Waals surface area contributed by atoms with Crippen molar-refractivity contribution < 1.29 is 14.6 Å². The van der Waals surface area contributed by atoms with Crippen LogP contribution in [0.2, 0.25) is 0 Å². The summed E-state index contributed by atoms with van der Waals surface area (Å²) in [5, 5.41) is 18.1. The van der Waals surface area contributed by atoms with Gasteiger partial charge in [0.1, 0.15) is 5.75 Å². The lowest BCUT2D eigenvalue weighted by Crippen LogP contribution is -2.45. The Labute approximate surface area is 137 Å². The van der Waals surface area contributed by atoms with Crippen molar-refractivity contribution in [1.29, 1.82) is 5.26 Å². The van der Waals surface area contributed by atoms with E-state index in [1.165, 1.54) is 0 Å². The maximum absolute atomic E-state index is 12.5. The van der Waals surface area contributed by atoms with Crippen LogP contribution in [0.4, 0.5) is 0 Å². The molecular formula is C18H24N2O3. The van der Waals surface area contributed by atoms with Gasteiger partial charge in [0.05, 0.1) is 11.6 Å². The van der Waals surface area contributed by atoms with Gasteiger partial charge in [-0.1, -0.05) is 6.07 Å². The van der Waals surface area contributed by atoms with E-state index in [0.717, 1.165) is 25.7 Å². The molecule has 2 rings (SSSR count). The smallest absolute Gasteiger partial charge is 0.263 e. The third-order valence-corrected chi connectivity index (χ3v) is 4.59. The van der Waals surface area contributed by atoms with Crippen LogP contribution in [0, 0.1) is 17.2 Å². The Kier molecular flexibility index (Phi) is 6.00. The number of aliphatic hydroxyl groups is 1. The van der Waals surface area contributed by atoms with Crippen molar-refractivity contribution in [3.8, 4) is 11.8 Å². The van der Waals surface area contributed by atoms with Crippen LogP contribution in [-0.4, -0.2) is 41.7 Å². The number of nitrogens with zero attached hydrogens (tertiary/aromatic N) is 2. The standard InChI is InChI=1S/C18H24N2O3/c1-13(23-17-5-3-4-15(10-17)11-19)18(22)20(2)16-8-6-14(12-21)7-9-16/h3-5,10,13-14,16,21H,6-9,12H2,1-2H3. The Morgan fingerprint density at radius 1 is 1.43 bits per heavy atom. The van der Waals surface area contributed by atoms with E-state index in [4.69, 9.17) is 10.00 Å². The second-order valence-corrected chi connectivity index (χ2v) is 6.21. The molecule has 1 saturated carbocycles. The van der Waals surface area contributed by atoms with Crippen LogP contribution >= 0.6 is 0 Å². The second kappa shape index (κ2) is 7.98. The summed E-state index contributed by atoms with van der Waals surface area (Å²) >= 11 is 0. The zero-order chi connectivity index (χ0) is 16.8. The highest BCUT2D eigenvalue weighted by molar-refractivity contribution is 5.81. The molecule has 0 spiro atoms. The van der Waals surface area contributed by atoms with Gasteiger partial charge in [-0.2, -0.15) is 5.26 Å². The third-order valence-electron chi connectivity index (χ3n) is 4.59. The molecule has 5 heteroatoms. The van der Waals surface area contributed by atoms with E-state index >= 15 is 0 Å². The first-order valence-electron chi connectivity index (χ1n) is 8.09. The SMILES string of the molecule is CC(Oc1cccc(C#N)c1)C(=O)N(C)C1CCC(CO)CC1. The average Bonchev–Trinajstić information content (AvgIpc) is 2.60. The molecule has 1 aromatic carbocycles. The van der Waals surface area contributed by atoms with E-state index in [1.54, 1.807) is 36.1 Å². The summed E-state index contributed by atoms with van der Waals surface area (Å²) in [4.78, 5) is 14.3. The summed E-state index contributed by atoms with van der Waals surface area (Å²) < 4.78 is 5.69. The van der Waals surface area contributed by atoms with Crippen molar-refractivity contribution in [1.82, 2.24) is 4.90 Å². The number of carbonyl (C=O) groups is 1. The molecule has 124 valence electrons. The molecule has 23 heavy (non-hydrogen) atoms. The minimum absolute atomic E-state index is 0.0557. The van der Waals surface area contributed by atoms with Crippen LogP contribution in [0.5, 0.6) is 5.75 Å². The molecule has 0 heterocycles. The molecule has 5 nitrogen and oxygen atoms in total. The van der Waals surface area contributed by atoms with Gasteiger partial charge in [0, 0.05) is 19.7 Å². The monoisotopic (exact) mass is 316 g/mol. The van der Waals surface area contributed by atoms with Crippen molar-refractivity contribution in [2.75, 3.05) is 13.7 Å². The van der Waals surface area contributed by atoms with E-state index < -0.39 is 6.10 Å². The fourth-order valence-electron chi connectivity index (χ4n) is 3.07. The second-order valence-electron chi connectivity index (χ2n) is 6.21. The highest BCUT2D eigenvalue weighted by Gasteiger charge is 2.29. The first-order chi connectivity index (χ1) is 11.0. The maximum Gasteiger partial charge on any atom is 0.263 e. The lowest BCUT2D eigenvalue weighted by atomic mass is 9.86. The number of nitriles is 1. The fraction of sp³-hybridized carbons (Fsp3) is 0.556. The van der Waals surface area contributed by atoms with E-state index in [9.17, 15) is 9.90 Å². The number of rotatable bonds is 5. The molecule has 0 radical (unpaired) electrons. The summed E-state index contributed by atoms with van der Waals surface area (Å²) in [5.41, 5.74) is 0.512. The van der Waals surface area contributed by atoms with Crippen LogP contribution < -0.4 is 4.74 Å². The van der Waals surface area contributed by atoms with Gasteiger partial charge in [-0.15, -0.1) is 0 Å². The first kappa shape index (κ1) is 17.3. The van der Waals surface area contributed by atoms with Crippen LogP contribution in [0.1, 0.15) is 38.2 Å². The number of hydrogen-bond acceptors (Lipinski definition) is 4.